The number of para-hydroxylation sites is 2. The summed E-state index contributed by atoms with van der Waals surface area (Å²) in [5, 5.41) is 3.04. The molecule has 3 aromatic rings. The molecule has 198 valence electrons. The first kappa shape index (κ1) is 25.1. The van der Waals surface area contributed by atoms with E-state index in [9.17, 15) is 14.4 Å². The van der Waals surface area contributed by atoms with Crippen molar-refractivity contribution in [3.05, 3.63) is 101 Å². The number of Topliss-reactive ketones (excluding diaryl/α,β-unsaturated/α-hetero) is 1. The SMILES string of the molecule is CCOC(=O)C1C(C(=O)c2ccc(CC(C)C)cc2)C2(C(=O)Nc3ccccc32)C2C=Cc3ccccc3N12. The van der Waals surface area contributed by atoms with Crippen molar-refractivity contribution in [3.8, 4) is 0 Å². The van der Waals surface area contributed by atoms with Crippen molar-refractivity contribution in [2.45, 2.75) is 44.7 Å². The standard InChI is InChI=1S/C33H32N2O4/c1-4-39-31(37)29-28(30(36)23-15-13-21(14-16-23)19-20(2)3)33(24-10-6-7-11-25(24)34-32(33)38)27-18-17-22-9-5-8-12-26(22)35(27)29/h5-18,20,27-29H,4,19H2,1-3H3,(H,34,38). The van der Waals surface area contributed by atoms with Crippen LogP contribution in [0.5, 0.6) is 0 Å². The molecule has 1 N–H and O–H groups in total. The Bertz CT molecular complexity index is 1490. The number of esters is 1. The van der Waals surface area contributed by atoms with E-state index in [1.54, 1.807) is 6.92 Å². The van der Waals surface area contributed by atoms with E-state index in [0.29, 0.717) is 17.2 Å². The summed E-state index contributed by atoms with van der Waals surface area (Å²) in [6.45, 7) is 6.24. The van der Waals surface area contributed by atoms with Crippen molar-refractivity contribution in [3.63, 3.8) is 0 Å². The van der Waals surface area contributed by atoms with Gasteiger partial charge in [0.05, 0.1) is 18.6 Å². The quantitative estimate of drug-likeness (QED) is 0.347. The molecule has 0 radical (unpaired) electrons. The maximum Gasteiger partial charge on any atom is 0.329 e. The highest BCUT2D eigenvalue weighted by molar-refractivity contribution is 6.16. The number of nitrogens with zero attached hydrogens (tertiary/aromatic N) is 1. The topological polar surface area (TPSA) is 75.7 Å². The third-order valence-electron chi connectivity index (χ3n) is 8.23. The monoisotopic (exact) mass is 520 g/mol. The van der Waals surface area contributed by atoms with Gasteiger partial charge in [0.15, 0.2) is 5.78 Å². The van der Waals surface area contributed by atoms with Crippen molar-refractivity contribution < 1.29 is 19.1 Å². The lowest BCUT2D eigenvalue weighted by molar-refractivity contribution is -0.145. The molecular formula is C33H32N2O4. The maximum atomic E-state index is 14.6. The lowest BCUT2D eigenvalue weighted by Crippen LogP contribution is -2.51. The number of ketones is 1. The zero-order chi connectivity index (χ0) is 27.3. The molecule has 39 heavy (non-hydrogen) atoms. The molecule has 3 aliphatic rings. The summed E-state index contributed by atoms with van der Waals surface area (Å²) in [5.41, 5.74) is 3.45. The molecule has 1 saturated heterocycles. The van der Waals surface area contributed by atoms with Crippen LogP contribution in [-0.2, 0) is 26.2 Å². The molecule has 6 heteroatoms. The van der Waals surface area contributed by atoms with E-state index in [1.165, 1.54) is 0 Å². The van der Waals surface area contributed by atoms with Crippen LogP contribution in [-0.4, -0.2) is 36.4 Å². The Balaban J connectivity index is 1.58. The second kappa shape index (κ2) is 9.53. The fourth-order valence-corrected chi connectivity index (χ4v) is 6.78. The Morgan fingerprint density at radius 2 is 1.72 bits per heavy atom. The molecule has 3 heterocycles. The Kier molecular flexibility index (Phi) is 6.13. The van der Waals surface area contributed by atoms with Gasteiger partial charge in [0.2, 0.25) is 5.91 Å². The molecule has 6 nitrogen and oxygen atoms in total. The highest BCUT2D eigenvalue weighted by Gasteiger charge is 2.70. The molecule has 0 aromatic heterocycles. The molecule has 3 aromatic carbocycles. The van der Waals surface area contributed by atoms with E-state index < -0.39 is 29.4 Å². The van der Waals surface area contributed by atoms with Gasteiger partial charge in [0, 0.05) is 16.9 Å². The Labute approximate surface area is 228 Å². The minimum absolute atomic E-state index is 0.173. The van der Waals surface area contributed by atoms with Crippen LogP contribution in [0.3, 0.4) is 0 Å². The minimum Gasteiger partial charge on any atom is -0.464 e. The van der Waals surface area contributed by atoms with E-state index in [0.717, 1.165) is 28.8 Å². The fraction of sp³-hybridized carbons (Fsp3) is 0.303. The summed E-state index contributed by atoms with van der Waals surface area (Å²) in [7, 11) is 0. The maximum absolute atomic E-state index is 14.6. The number of carbonyl (C=O) groups is 3. The summed E-state index contributed by atoms with van der Waals surface area (Å²) in [5.74, 6) is -1.53. The Hall–Kier alpha value is -4.19. The van der Waals surface area contributed by atoms with Gasteiger partial charge in [0.25, 0.3) is 0 Å². The van der Waals surface area contributed by atoms with Gasteiger partial charge in [-0.1, -0.05) is 86.7 Å². The van der Waals surface area contributed by atoms with Gasteiger partial charge in [-0.15, -0.1) is 0 Å². The third-order valence-corrected chi connectivity index (χ3v) is 8.23. The molecule has 0 aliphatic carbocycles. The zero-order valence-electron chi connectivity index (χ0n) is 22.4. The van der Waals surface area contributed by atoms with Crippen LogP contribution in [0.25, 0.3) is 6.08 Å². The smallest absolute Gasteiger partial charge is 0.329 e. The molecule has 1 spiro atoms. The van der Waals surface area contributed by atoms with E-state index in [2.05, 4.69) is 19.2 Å². The van der Waals surface area contributed by atoms with Crippen LogP contribution in [0.1, 0.15) is 47.8 Å². The van der Waals surface area contributed by atoms with Crippen molar-refractivity contribution in [2.75, 3.05) is 16.8 Å². The van der Waals surface area contributed by atoms with Crippen LogP contribution in [0.4, 0.5) is 11.4 Å². The molecule has 4 unspecified atom stereocenters. The molecule has 0 saturated carbocycles. The number of hydrogen-bond acceptors (Lipinski definition) is 5. The second-order valence-corrected chi connectivity index (χ2v) is 11.0. The lowest BCUT2D eigenvalue weighted by atomic mass is 9.64. The van der Waals surface area contributed by atoms with Crippen molar-refractivity contribution in [1.29, 1.82) is 0 Å². The molecule has 0 bridgehead atoms. The highest BCUT2D eigenvalue weighted by atomic mass is 16.5. The molecule has 6 rings (SSSR count). The number of fused-ring (bicyclic) bond motifs is 6. The Morgan fingerprint density at radius 3 is 2.46 bits per heavy atom. The number of ether oxygens (including phenoxy) is 1. The average molecular weight is 521 g/mol. The van der Waals surface area contributed by atoms with Gasteiger partial charge in [-0.25, -0.2) is 4.79 Å². The predicted molar refractivity (Wildman–Crippen MR) is 152 cm³/mol. The number of anilines is 2. The van der Waals surface area contributed by atoms with Crippen LogP contribution in [0.15, 0.2) is 78.9 Å². The number of nitrogens with one attached hydrogen (secondary N) is 1. The molecule has 4 atom stereocenters. The average Bonchev–Trinajstić information content (AvgIpc) is 3.41. The van der Waals surface area contributed by atoms with Gasteiger partial charge in [-0.2, -0.15) is 0 Å². The van der Waals surface area contributed by atoms with Gasteiger partial charge < -0.3 is 15.0 Å². The normalized spacial score (nSPS) is 24.4. The van der Waals surface area contributed by atoms with Crippen molar-refractivity contribution >= 4 is 35.1 Å². The summed E-state index contributed by atoms with van der Waals surface area (Å²) >= 11 is 0. The van der Waals surface area contributed by atoms with E-state index >= 15 is 0 Å². The van der Waals surface area contributed by atoms with Crippen LogP contribution in [0.2, 0.25) is 0 Å². The first-order valence-electron chi connectivity index (χ1n) is 13.6. The molecular weight excluding hydrogens is 488 g/mol. The minimum atomic E-state index is -1.31. The van der Waals surface area contributed by atoms with Crippen LogP contribution in [0, 0.1) is 11.8 Å². The summed E-state index contributed by atoms with van der Waals surface area (Å²) in [6, 6.07) is 21.3. The van der Waals surface area contributed by atoms with Gasteiger partial charge in [-0.3, -0.25) is 9.59 Å². The number of rotatable bonds is 6. The van der Waals surface area contributed by atoms with Gasteiger partial charge >= 0.3 is 5.97 Å². The Morgan fingerprint density at radius 1 is 1.00 bits per heavy atom. The first-order valence-corrected chi connectivity index (χ1v) is 13.6. The molecule has 3 aliphatic heterocycles. The summed E-state index contributed by atoms with van der Waals surface area (Å²) in [4.78, 5) is 44.6. The number of carbonyl (C=O) groups excluding carboxylic acids is 3. The van der Waals surface area contributed by atoms with Crippen molar-refractivity contribution in [2.24, 2.45) is 11.8 Å². The number of benzene rings is 3. The first-order chi connectivity index (χ1) is 18.9. The summed E-state index contributed by atoms with van der Waals surface area (Å²) < 4.78 is 5.61. The van der Waals surface area contributed by atoms with Crippen molar-refractivity contribution in [1.82, 2.24) is 0 Å². The number of hydrogen-bond donors (Lipinski definition) is 1. The lowest BCUT2D eigenvalue weighted by Gasteiger charge is -2.37. The van der Waals surface area contributed by atoms with Crippen LogP contribution >= 0.6 is 0 Å². The van der Waals surface area contributed by atoms with E-state index in [1.807, 2.05) is 89.8 Å². The van der Waals surface area contributed by atoms with Gasteiger partial charge in [-0.05, 0) is 48.1 Å². The highest BCUT2D eigenvalue weighted by Crippen LogP contribution is 2.57. The number of amides is 1. The zero-order valence-corrected chi connectivity index (χ0v) is 22.4. The van der Waals surface area contributed by atoms with E-state index in [-0.39, 0.29) is 18.3 Å². The third kappa shape index (κ3) is 3.73. The van der Waals surface area contributed by atoms with Gasteiger partial charge in [0.1, 0.15) is 11.5 Å². The van der Waals surface area contributed by atoms with Crippen LogP contribution < -0.4 is 10.2 Å². The molecule has 1 fully saturated rings. The second-order valence-electron chi connectivity index (χ2n) is 11.0. The van der Waals surface area contributed by atoms with E-state index in [4.69, 9.17) is 4.74 Å². The fourth-order valence-electron chi connectivity index (χ4n) is 6.78. The largest absolute Gasteiger partial charge is 0.464 e. The molecule has 1 amide bonds. The summed E-state index contributed by atoms with van der Waals surface area (Å²) in [6.07, 6.45) is 4.86. The predicted octanol–water partition coefficient (Wildman–Crippen LogP) is 5.42.